The van der Waals surface area contributed by atoms with Gasteiger partial charge >= 0.3 is 5.69 Å². The molecule has 1 N–H and O–H groups in total. The van der Waals surface area contributed by atoms with E-state index >= 15 is 0 Å². The lowest BCUT2D eigenvalue weighted by Gasteiger charge is -2.14. The second-order valence-corrected chi connectivity index (χ2v) is 5.94. The summed E-state index contributed by atoms with van der Waals surface area (Å²) in [7, 11) is 0. The highest BCUT2D eigenvalue weighted by molar-refractivity contribution is 5.78. The summed E-state index contributed by atoms with van der Waals surface area (Å²) in [5.41, 5.74) is 0.789. The summed E-state index contributed by atoms with van der Waals surface area (Å²) < 4.78 is 12.5. The first-order valence-electron chi connectivity index (χ1n) is 8.77. The SMILES string of the molecule is CCOc1ccc(CNC(=O)C(C)Cn2cc([N+](=O)[O-])cn2)cc1OCC. The number of hydrogen-bond acceptors (Lipinski definition) is 6. The van der Waals surface area contributed by atoms with Crippen LogP contribution in [0.5, 0.6) is 11.5 Å². The summed E-state index contributed by atoms with van der Waals surface area (Å²) in [6.07, 6.45) is 2.48. The maximum absolute atomic E-state index is 12.3. The normalized spacial score (nSPS) is 11.7. The molecule has 2 rings (SSSR count). The molecular weight excluding hydrogens is 352 g/mol. The van der Waals surface area contributed by atoms with E-state index in [1.54, 1.807) is 6.92 Å². The van der Waals surface area contributed by atoms with Crippen molar-refractivity contribution in [3.63, 3.8) is 0 Å². The van der Waals surface area contributed by atoms with Gasteiger partial charge in [-0.15, -0.1) is 0 Å². The summed E-state index contributed by atoms with van der Waals surface area (Å²) in [5.74, 6) is 0.754. The molecule has 0 spiro atoms. The van der Waals surface area contributed by atoms with Gasteiger partial charge in [-0.3, -0.25) is 19.6 Å². The Labute approximate surface area is 157 Å². The zero-order chi connectivity index (χ0) is 19.8. The van der Waals surface area contributed by atoms with E-state index in [2.05, 4.69) is 10.4 Å². The van der Waals surface area contributed by atoms with Crippen LogP contribution in [0.3, 0.4) is 0 Å². The number of nitrogens with one attached hydrogen (secondary N) is 1. The fourth-order valence-corrected chi connectivity index (χ4v) is 2.48. The van der Waals surface area contributed by atoms with Gasteiger partial charge in [-0.1, -0.05) is 13.0 Å². The lowest BCUT2D eigenvalue weighted by atomic mass is 10.1. The highest BCUT2D eigenvalue weighted by Crippen LogP contribution is 2.28. The molecule has 0 bridgehead atoms. The third kappa shape index (κ3) is 5.70. The molecular formula is C18H24N4O5. The molecule has 9 nitrogen and oxygen atoms in total. The van der Waals surface area contributed by atoms with E-state index in [1.807, 2.05) is 32.0 Å². The van der Waals surface area contributed by atoms with Gasteiger partial charge in [-0.05, 0) is 31.5 Å². The van der Waals surface area contributed by atoms with Crippen LogP contribution >= 0.6 is 0 Å². The number of nitrogens with zero attached hydrogens (tertiary/aromatic N) is 3. The number of ether oxygens (including phenoxy) is 2. The lowest BCUT2D eigenvalue weighted by Crippen LogP contribution is -2.31. The van der Waals surface area contributed by atoms with E-state index in [1.165, 1.54) is 17.1 Å². The summed E-state index contributed by atoms with van der Waals surface area (Å²) >= 11 is 0. The van der Waals surface area contributed by atoms with Gasteiger partial charge in [0.05, 0.1) is 30.6 Å². The molecule has 9 heteroatoms. The van der Waals surface area contributed by atoms with Gasteiger partial charge in [0, 0.05) is 6.54 Å². The Hall–Kier alpha value is -3.10. The van der Waals surface area contributed by atoms with Gasteiger partial charge in [-0.25, -0.2) is 0 Å². The third-order valence-corrected chi connectivity index (χ3v) is 3.81. The van der Waals surface area contributed by atoms with Crippen molar-refractivity contribution in [1.82, 2.24) is 15.1 Å². The zero-order valence-corrected chi connectivity index (χ0v) is 15.7. The Bertz CT molecular complexity index is 790. The van der Waals surface area contributed by atoms with E-state index in [-0.39, 0.29) is 18.1 Å². The van der Waals surface area contributed by atoms with Crippen LogP contribution < -0.4 is 14.8 Å². The highest BCUT2D eigenvalue weighted by Gasteiger charge is 2.16. The first-order valence-corrected chi connectivity index (χ1v) is 8.77. The molecule has 0 aliphatic heterocycles. The smallest absolute Gasteiger partial charge is 0.306 e. The minimum absolute atomic E-state index is 0.0968. The number of amides is 1. The number of hydrogen-bond donors (Lipinski definition) is 1. The quantitative estimate of drug-likeness (QED) is 0.504. The predicted molar refractivity (Wildman–Crippen MR) is 98.7 cm³/mol. The number of aromatic nitrogens is 2. The first-order chi connectivity index (χ1) is 12.9. The number of carbonyl (C=O) groups is 1. The van der Waals surface area contributed by atoms with Crippen molar-refractivity contribution in [2.75, 3.05) is 13.2 Å². The molecule has 1 amide bonds. The van der Waals surface area contributed by atoms with Crippen LogP contribution in [-0.4, -0.2) is 33.8 Å². The molecule has 1 aromatic carbocycles. The molecule has 0 aliphatic rings. The maximum atomic E-state index is 12.3. The molecule has 1 heterocycles. The molecule has 2 aromatic rings. The van der Waals surface area contributed by atoms with Gasteiger partial charge < -0.3 is 14.8 Å². The summed E-state index contributed by atoms with van der Waals surface area (Å²) in [6, 6.07) is 5.54. The van der Waals surface area contributed by atoms with Gasteiger partial charge in [0.1, 0.15) is 12.4 Å². The topological polar surface area (TPSA) is 109 Å². The summed E-state index contributed by atoms with van der Waals surface area (Å²) in [5, 5.41) is 17.4. The molecule has 146 valence electrons. The third-order valence-electron chi connectivity index (χ3n) is 3.81. The monoisotopic (exact) mass is 376 g/mol. The van der Waals surface area contributed by atoms with Crippen molar-refractivity contribution in [2.45, 2.75) is 33.9 Å². The lowest BCUT2D eigenvalue weighted by molar-refractivity contribution is -0.385. The van der Waals surface area contributed by atoms with Crippen LogP contribution in [0.1, 0.15) is 26.3 Å². The molecule has 1 unspecified atom stereocenters. The molecule has 0 fully saturated rings. The molecule has 1 aromatic heterocycles. The van der Waals surface area contributed by atoms with Crippen molar-refractivity contribution < 1.29 is 19.2 Å². The van der Waals surface area contributed by atoms with E-state index in [4.69, 9.17) is 9.47 Å². The van der Waals surface area contributed by atoms with Crippen LogP contribution in [0.2, 0.25) is 0 Å². The number of carbonyl (C=O) groups excluding carboxylic acids is 1. The first kappa shape index (κ1) is 20.2. The predicted octanol–water partition coefficient (Wildman–Crippen LogP) is 2.54. The van der Waals surface area contributed by atoms with Gasteiger partial charge in [-0.2, -0.15) is 5.10 Å². The minimum atomic E-state index is -0.518. The molecule has 0 saturated carbocycles. The van der Waals surface area contributed by atoms with Gasteiger partial charge in [0.2, 0.25) is 5.91 Å². The van der Waals surface area contributed by atoms with Crippen molar-refractivity contribution >= 4 is 11.6 Å². The number of benzene rings is 1. The average Bonchev–Trinajstić information content (AvgIpc) is 3.10. The molecule has 0 radical (unpaired) electrons. The van der Waals surface area contributed by atoms with Crippen molar-refractivity contribution in [2.24, 2.45) is 5.92 Å². The summed E-state index contributed by atoms with van der Waals surface area (Å²) in [4.78, 5) is 22.5. The van der Waals surface area contributed by atoms with Crippen LogP contribution in [0.25, 0.3) is 0 Å². The van der Waals surface area contributed by atoms with E-state index < -0.39 is 10.8 Å². The largest absolute Gasteiger partial charge is 0.490 e. The Balaban J connectivity index is 1.93. The van der Waals surface area contributed by atoms with Crippen molar-refractivity contribution in [3.8, 4) is 11.5 Å². The second kappa shape index (κ2) is 9.56. The Morgan fingerprint density at radius 1 is 1.30 bits per heavy atom. The Kier molecular flexibility index (Phi) is 7.16. The molecule has 1 atom stereocenters. The number of nitro groups is 1. The standard InChI is InChI=1S/C18H24N4O5/c1-4-26-16-7-6-14(8-17(16)27-5-2)9-19-18(23)13(3)11-21-12-15(10-20-21)22(24)25/h6-8,10,12-13H,4-5,9,11H2,1-3H3,(H,19,23). The zero-order valence-electron chi connectivity index (χ0n) is 15.7. The van der Waals surface area contributed by atoms with Crippen LogP contribution in [0.15, 0.2) is 30.6 Å². The minimum Gasteiger partial charge on any atom is -0.490 e. The Morgan fingerprint density at radius 3 is 2.63 bits per heavy atom. The fourth-order valence-electron chi connectivity index (χ4n) is 2.48. The van der Waals surface area contributed by atoms with Crippen molar-refractivity contribution in [3.05, 3.63) is 46.3 Å². The molecule has 0 saturated heterocycles. The van der Waals surface area contributed by atoms with E-state index in [0.717, 1.165) is 5.56 Å². The molecule has 27 heavy (non-hydrogen) atoms. The van der Waals surface area contributed by atoms with Crippen molar-refractivity contribution in [1.29, 1.82) is 0 Å². The summed E-state index contributed by atoms with van der Waals surface area (Å²) in [6.45, 7) is 7.20. The highest BCUT2D eigenvalue weighted by atomic mass is 16.6. The Morgan fingerprint density at radius 2 is 2.00 bits per heavy atom. The van der Waals surface area contributed by atoms with Crippen LogP contribution in [-0.2, 0) is 17.9 Å². The second-order valence-electron chi connectivity index (χ2n) is 5.94. The average molecular weight is 376 g/mol. The number of rotatable bonds is 10. The van der Waals surface area contributed by atoms with Crippen LogP contribution in [0, 0.1) is 16.0 Å². The fraction of sp³-hybridized carbons (Fsp3) is 0.444. The van der Waals surface area contributed by atoms with Gasteiger partial charge in [0.15, 0.2) is 11.5 Å². The van der Waals surface area contributed by atoms with Gasteiger partial charge in [0.25, 0.3) is 0 Å². The van der Waals surface area contributed by atoms with E-state index in [9.17, 15) is 14.9 Å². The maximum Gasteiger partial charge on any atom is 0.306 e. The molecule has 0 aliphatic carbocycles. The van der Waals surface area contributed by atoms with Crippen LogP contribution in [0.4, 0.5) is 5.69 Å². The van der Waals surface area contributed by atoms with E-state index in [0.29, 0.717) is 31.3 Å².